The fourth-order valence-electron chi connectivity index (χ4n) is 2.31. The molecule has 0 aliphatic carbocycles. The first-order valence-corrected chi connectivity index (χ1v) is 9.19. The summed E-state index contributed by atoms with van der Waals surface area (Å²) in [5.74, 6) is -1.02. The van der Waals surface area contributed by atoms with Crippen LogP contribution in [0.25, 0.3) is 0 Å². The van der Waals surface area contributed by atoms with Crippen LogP contribution in [0.3, 0.4) is 0 Å². The standard InChI is InChI=1S/C21H22ClFN2O3/c1-3-15-4-6-16(7-5-15)21(27)25-14(2)10-11-24-20(26)13-28-17-8-9-18(22)19(23)12-17/h4-9,12H,2-3,10-11,13H2,1H3,(H,24,26)(H,25,27). The van der Waals surface area contributed by atoms with E-state index in [1.807, 2.05) is 19.1 Å². The summed E-state index contributed by atoms with van der Waals surface area (Å²) < 4.78 is 18.5. The van der Waals surface area contributed by atoms with Crippen molar-refractivity contribution in [3.63, 3.8) is 0 Å². The van der Waals surface area contributed by atoms with E-state index in [4.69, 9.17) is 16.3 Å². The van der Waals surface area contributed by atoms with E-state index in [1.54, 1.807) is 12.1 Å². The molecule has 0 saturated heterocycles. The normalized spacial score (nSPS) is 10.2. The Labute approximate surface area is 168 Å². The van der Waals surface area contributed by atoms with E-state index < -0.39 is 5.82 Å². The highest BCUT2D eigenvalue weighted by atomic mass is 35.5. The van der Waals surface area contributed by atoms with E-state index in [9.17, 15) is 14.0 Å². The number of halogens is 2. The summed E-state index contributed by atoms with van der Waals surface area (Å²) in [6.07, 6.45) is 1.28. The van der Waals surface area contributed by atoms with Crippen LogP contribution in [0.1, 0.15) is 29.3 Å². The predicted octanol–water partition coefficient (Wildman–Crippen LogP) is 3.87. The summed E-state index contributed by atoms with van der Waals surface area (Å²) in [5, 5.41) is 5.33. The molecule has 148 valence electrons. The highest BCUT2D eigenvalue weighted by molar-refractivity contribution is 6.30. The van der Waals surface area contributed by atoms with Crippen molar-refractivity contribution in [2.75, 3.05) is 13.2 Å². The van der Waals surface area contributed by atoms with E-state index in [-0.39, 0.29) is 35.7 Å². The largest absolute Gasteiger partial charge is 0.484 e. The van der Waals surface area contributed by atoms with Crippen molar-refractivity contribution in [2.45, 2.75) is 19.8 Å². The lowest BCUT2D eigenvalue weighted by atomic mass is 10.1. The fraction of sp³-hybridized carbons (Fsp3) is 0.238. The van der Waals surface area contributed by atoms with Crippen molar-refractivity contribution in [3.05, 3.63) is 76.7 Å². The smallest absolute Gasteiger partial charge is 0.257 e. The first kappa shape index (κ1) is 21.4. The number of ether oxygens (including phenoxy) is 1. The number of carbonyl (C=O) groups excluding carboxylic acids is 2. The van der Waals surface area contributed by atoms with Gasteiger partial charge in [0.2, 0.25) is 0 Å². The van der Waals surface area contributed by atoms with Gasteiger partial charge in [0.15, 0.2) is 6.61 Å². The summed E-state index contributed by atoms with van der Waals surface area (Å²) >= 11 is 5.58. The Kier molecular flexibility index (Phi) is 8.02. The molecule has 2 amide bonds. The van der Waals surface area contributed by atoms with Crippen LogP contribution in [-0.2, 0) is 11.2 Å². The molecule has 2 rings (SSSR count). The topological polar surface area (TPSA) is 67.4 Å². The second-order valence-electron chi connectivity index (χ2n) is 6.07. The molecule has 0 unspecified atom stereocenters. The van der Waals surface area contributed by atoms with Crippen molar-refractivity contribution in [1.82, 2.24) is 10.6 Å². The van der Waals surface area contributed by atoms with Crippen molar-refractivity contribution >= 4 is 23.4 Å². The maximum Gasteiger partial charge on any atom is 0.257 e. The van der Waals surface area contributed by atoms with Gasteiger partial charge in [-0.3, -0.25) is 9.59 Å². The zero-order chi connectivity index (χ0) is 20.5. The van der Waals surface area contributed by atoms with Crippen molar-refractivity contribution in [2.24, 2.45) is 0 Å². The van der Waals surface area contributed by atoms with Crippen LogP contribution < -0.4 is 15.4 Å². The number of aryl methyl sites for hydroxylation is 1. The maximum absolute atomic E-state index is 13.3. The molecule has 0 heterocycles. The number of hydrogen-bond donors (Lipinski definition) is 2. The van der Waals surface area contributed by atoms with Gasteiger partial charge in [0, 0.05) is 30.3 Å². The minimum Gasteiger partial charge on any atom is -0.484 e. The fourth-order valence-corrected chi connectivity index (χ4v) is 2.42. The van der Waals surface area contributed by atoms with Gasteiger partial charge in [-0.15, -0.1) is 0 Å². The predicted molar refractivity (Wildman–Crippen MR) is 107 cm³/mol. The third-order valence-corrected chi connectivity index (χ3v) is 4.23. The van der Waals surface area contributed by atoms with Crippen LogP contribution in [0.5, 0.6) is 5.75 Å². The Morgan fingerprint density at radius 3 is 2.54 bits per heavy atom. The Hall–Kier alpha value is -2.86. The lowest BCUT2D eigenvalue weighted by Gasteiger charge is -2.10. The van der Waals surface area contributed by atoms with Gasteiger partial charge in [-0.05, 0) is 36.2 Å². The van der Waals surface area contributed by atoms with Crippen molar-refractivity contribution < 1.29 is 18.7 Å². The molecule has 0 spiro atoms. The van der Waals surface area contributed by atoms with Gasteiger partial charge in [0.05, 0.1) is 5.02 Å². The molecular formula is C21H22ClFN2O3. The molecule has 5 nitrogen and oxygen atoms in total. The molecule has 0 fully saturated rings. The molecular weight excluding hydrogens is 383 g/mol. The Balaban J connectivity index is 1.68. The van der Waals surface area contributed by atoms with Crippen molar-refractivity contribution in [3.8, 4) is 5.75 Å². The van der Waals surface area contributed by atoms with E-state index >= 15 is 0 Å². The number of nitrogens with one attached hydrogen (secondary N) is 2. The van der Waals surface area contributed by atoms with Crippen LogP contribution in [0.4, 0.5) is 4.39 Å². The highest BCUT2D eigenvalue weighted by Gasteiger charge is 2.08. The maximum atomic E-state index is 13.3. The average molecular weight is 405 g/mol. The molecule has 0 aromatic heterocycles. The Morgan fingerprint density at radius 2 is 1.89 bits per heavy atom. The second kappa shape index (κ2) is 10.5. The summed E-state index contributed by atoms with van der Waals surface area (Å²) in [6, 6.07) is 11.3. The van der Waals surface area contributed by atoms with Crippen LogP contribution in [0.2, 0.25) is 5.02 Å². The zero-order valence-electron chi connectivity index (χ0n) is 15.6. The molecule has 0 atom stereocenters. The first-order chi connectivity index (χ1) is 13.4. The van der Waals surface area contributed by atoms with Gasteiger partial charge in [0.25, 0.3) is 11.8 Å². The quantitative estimate of drug-likeness (QED) is 0.666. The van der Waals surface area contributed by atoms with E-state index in [0.29, 0.717) is 17.7 Å². The molecule has 28 heavy (non-hydrogen) atoms. The molecule has 7 heteroatoms. The van der Waals surface area contributed by atoms with Crippen LogP contribution in [-0.4, -0.2) is 25.0 Å². The number of benzene rings is 2. The van der Waals surface area contributed by atoms with Gasteiger partial charge in [-0.2, -0.15) is 0 Å². The van der Waals surface area contributed by atoms with E-state index in [2.05, 4.69) is 17.2 Å². The van der Waals surface area contributed by atoms with Crippen LogP contribution >= 0.6 is 11.6 Å². The highest BCUT2D eigenvalue weighted by Crippen LogP contribution is 2.20. The number of hydrogen-bond acceptors (Lipinski definition) is 3. The average Bonchev–Trinajstić information content (AvgIpc) is 2.69. The summed E-state index contributed by atoms with van der Waals surface area (Å²) in [4.78, 5) is 23.9. The van der Waals surface area contributed by atoms with Crippen LogP contribution in [0.15, 0.2) is 54.7 Å². The zero-order valence-corrected chi connectivity index (χ0v) is 16.3. The van der Waals surface area contributed by atoms with Gasteiger partial charge in [-0.25, -0.2) is 4.39 Å². The lowest BCUT2D eigenvalue weighted by Crippen LogP contribution is -2.31. The molecule has 0 aliphatic rings. The molecule has 0 saturated carbocycles. The number of amides is 2. The molecule has 0 radical (unpaired) electrons. The molecule has 0 bridgehead atoms. The third-order valence-electron chi connectivity index (χ3n) is 3.92. The van der Waals surface area contributed by atoms with Gasteiger partial charge in [0.1, 0.15) is 11.6 Å². The Bertz CT molecular complexity index is 853. The number of rotatable bonds is 9. The molecule has 2 aromatic carbocycles. The summed E-state index contributed by atoms with van der Waals surface area (Å²) in [6.45, 7) is 5.86. The summed E-state index contributed by atoms with van der Waals surface area (Å²) in [5.41, 5.74) is 2.19. The van der Waals surface area contributed by atoms with E-state index in [1.165, 1.54) is 12.1 Å². The third kappa shape index (κ3) is 6.70. The first-order valence-electron chi connectivity index (χ1n) is 8.81. The van der Waals surface area contributed by atoms with E-state index in [0.717, 1.165) is 18.1 Å². The minimum absolute atomic E-state index is 0.0151. The molecule has 2 N–H and O–H groups in total. The lowest BCUT2D eigenvalue weighted by molar-refractivity contribution is -0.123. The Morgan fingerprint density at radius 1 is 1.18 bits per heavy atom. The van der Waals surface area contributed by atoms with Gasteiger partial charge in [-0.1, -0.05) is 37.2 Å². The molecule has 2 aromatic rings. The van der Waals surface area contributed by atoms with Gasteiger partial charge >= 0.3 is 0 Å². The summed E-state index contributed by atoms with van der Waals surface area (Å²) in [7, 11) is 0. The van der Waals surface area contributed by atoms with Crippen LogP contribution in [0, 0.1) is 5.82 Å². The second-order valence-corrected chi connectivity index (χ2v) is 6.48. The molecule has 0 aliphatic heterocycles. The monoisotopic (exact) mass is 404 g/mol. The number of carbonyl (C=O) groups is 2. The van der Waals surface area contributed by atoms with Gasteiger partial charge < -0.3 is 15.4 Å². The minimum atomic E-state index is -0.615. The van der Waals surface area contributed by atoms with Crippen molar-refractivity contribution in [1.29, 1.82) is 0 Å². The SMILES string of the molecule is C=C(CCNC(=O)COc1ccc(Cl)c(F)c1)NC(=O)c1ccc(CC)cc1.